The molecular weight excluding hydrogens is 147 g/mol. The van der Waals surface area contributed by atoms with E-state index in [-0.39, 0.29) is 0 Å². The van der Waals surface area contributed by atoms with Gasteiger partial charge in [0.2, 0.25) is 0 Å². The average molecular weight is 154 g/mol. The molecule has 1 aromatic carbocycles. The van der Waals surface area contributed by atoms with E-state index in [4.69, 9.17) is 7.85 Å². The largest absolute Gasteiger partial charge is 0.253 e. The van der Waals surface area contributed by atoms with Crippen molar-refractivity contribution in [3.63, 3.8) is 0 Å². The van der Waals surface area contributed by atoms with Crippen LogP contribution in [-0.4, -0.2) is 17.8 Å². The van der Waals surface area contributed by atoms with Crippen LogP contribution >= 0.6 is 0 Å². The van der Waals surface area contributed by atoms with Crippen LogP contribution in [0.3, 0.4) is 0 Å². The lowest BCUT2D eigenvalue weighted by Gasteiger charge is -2.01. The van der Waals surface area contributed by atoms with Crippen LogP contribution in [0.25, 0.3) is 11.0 Å². The van der Waals surface area contributed by atoms with Crippen molar-refractivity contribution in [1.82, 2.24) is 9.97 Å². The lowest BCUT2D eigenvalue weighted by atomic mass is 9.94. The summed E-state index contributed by atoms with van der Waals surface area (Å²) in [5, 5.41) is 0. The van der Waals surface area contributed by atoms with Gasteiger partial charge in [0.05, 0.1) is 11.0 Å². The summed E-state index contributed by atoms with van der Waals surface area (Å²) in [6, 6.07) is 3.73. The zero-order valence-electron chi connectivity index (χ0n) is 6.78. The van der Waals surface area contributed by atoms with Crippen molar-refractivity contribution < 1.29 is 0 Å². The summed E-state index contributed by atoms with van der Waals surface area (Å²) < 4.78 is 0. The molecule has 2 radical (unpaired) electrons. The summed E-state index contributed by atoms with van der Waals surface area (Å²) in [5.41, 5.74) is 3.58. The van der Waals surface area contributed by atoms with Gasteiger partial charge >= 0.3 is 0 Å². The second kappa shape index (κ2) is 2.59. The average Bonchev–Trinajstić information content (AvgIpc) is 2.04. The third-order valence-electron chi connectivity index (χ3n) is 1.79. The molecule has 0 unspecified atom stereocenters. The normalized spacial score (nSPS) is 10.4. The van der Waals surface area contributed by atoms with E-state index in [0.717, 1.165) is 22.1 Å². The molecule has 1 heterocycles. The monoisotopic (exact) mass is 154 g/mol. The Balaban J connectivity index is 2.89. The van der Waals surface area contributed by atoms with E-state index in [0.29, 0.717) is 0 Å². The van der Waals surface area contributed by atoms with Gasteiger partial charge in [0.25, 0.3) is 0 Å². The molecule has 0 saturated carbocycles. The zero-order valence-corrected chi connectivity index (χ0v) is 6.78. The van der Waals surface area contributed by atoms with Gasteiger partial charge in [-0.25, -0.2) is 0 Å². The van der Waals surface area contributed by atoms with Crippen LogP contribution in [-0.2, 0) is 0 Å². The minimum Gasteiger partial charge on any atom is -0.253 e. The molecule has 56 valence electrons. The molecule has 0 aliphatic carbocycles. The molecule has 0 amide bonds. The standard InChI is InChI=1S/C9H7BN2/c1-6-4-7(10)5-8-9(6)12-3-2-11-8/h2-5H,1H3. The first kappa shape index (κ1) is 7.28. The lowest BCUT2D eigenvalue weighted by molar-refractivity contribution is 1.28. The minimum atomic E-state index is 0.737. The molecule has 1 aromatic heterocycles. The number of aromatic nitrogens is 2. The van der Waals surface area contributed by atoms with Crippen molar-refractivity contribution >= 4 is 24.3 Å². The smallest absolute Gasteiger partial charge is 0.113 e. The maximum atomic E-state index is 5.66. The maximum Gasteiger partial charge on any atom is 0.113 e. The van der Waals surface area contributed by atoms with E-state index in [9.17, 15) is 0 Å². The fourth-order valence-electron chi connectivity index (χ4n) is 1.28. The molecule has 12 heavy (non-hydrogen) atoms. The summed E-state index contributed by atoms with van der Waals surface area (Å²) in [7, 11) is 5.66. The van der Waals surface area contributed by atoms with E-state index >= 15 is 0 Å². The first-order valence-corrected chi connectivity index (χ1v) is 3.74. The molecule has 0 spiro atoms. The predicted octanol–water partition coefficient (Wildman–Crippen LogP) is 0.732. The van der Waals surface area contributed by atoms with E-state index in [2.05, 4.69) is 9.97 Å². The highest BCUT2D eigenvalue weighted by Crippen LogP contribution is 2.09. The van der Waals surface area contributed by atoms with Crippen LogP contribution in [0, 0.1) is 6.92 Å². The summed E-state index contributed by atoms with van der Waals surface area (Å²) in [6.07, 6.45) is 3.35. The number of nitrogens with zero attached hydrogens (tertiary/aromatic N) is 2. The Kier molecular flexibility index (Phi) is 1.57. The molecule has 0 atom stereocenters. The molecule has 0 aliphatic rings. The van der Waals surface area contributed by atoms with Crippen molar-refractivity contribution in [1.29, 1.82) is 0 Å². The van der Waals surface area contributed by atoms with Crippen LogP contribution < -0.4 is 5.46 Å². The highest BCUT2D eigenvalue weighted by molar-refractivity contribution is 6.33. The molecule has 0 saturated heterocycles. The van der Waals surface area contributed by atoms with E-state index in [1.54, 1.807) is 12.4 Å². The van der Waals surface area contributed by atoms with Crippen molar-refractivity contribution in [3.05, 3.63) is 30.1 Å². The number of aryl methyl sites for hydroxylation is 1. The molecule has 0 fully saturated rings. The van der Waals surface area contributed by atoms with Crippen molar-refractivity contribution in [2.24, 2.45) is 0 Å². The Labute approximate surface area is 72.1 Å². The van der Waals surface area contributed by atoms with Gasteiger partial charge in [-0.3, -0.25) is 9.97 Å². The van der Waals surface area contributed by atoms with Gasteiger partial charge in [0.1, 0.15) is 7.85 Å². The summed E-state index contributed by atoms with van der Waals surface area (Å²) in [5.74, 6) is 0. The number of hydrogen-bond acceptors (Lipinski definition) is 2. The van der Waals surface area contributed by atoms with E-state index in [1.807, 2.05) is 19.1 Å². The molecule has 0 aliphatic heterocycles. The number of hydrogen-bond donors (Lipinski definition) is 0. The second-order valence-corrected chi connectivity index (χ2v) is 2.76. The van der Waals surface area contributed by atoms with Gasteiger partial charge in [-0.1, -0.05) is 11.5 Å². The van der Waals surface area contributed by atoms with Gasteiger partial charge in [0.15, 0.2) is 0 Å². The van der Waals surface area contributed by atoms with E-state index < -0.39 is 0 Å². The molecule has 2 nitrogen and oxygen atoms in total. The van der Waals surface area contributed by atoms with Gasteiger partial charge in [0, 0.05) is 12.4 Å². The Bertz CT molecular complexity index is 426. The Hall–Kier alpha value is -1.38. The SMILES string of the molecule is [B]c1cc(C)c2nccnc2c1. The van der Waals surface area contributed by atoms with Crippen LogP contribution in [0.5, 0.6) is 0 Å². The highest BCUT2D eigenvalue weighted by Gasteiger charge is 1.98. The van der Waals surface area contributed by atoms with Gasteiger partial charge in [-0.15, -0.1) is 0 Å². The fourth-order valence-corrected chi connectivity index (χ4v) is 1.28. The fraction of sp³-hybridized carbons (Fsp3) is 0.111. The van der Waals surface area contributed by atoms with Crippen molar-refractivity contribution in [2.45, 2.75) is 6.92 Å². The van der Waals surface area contributed by atoms with Crippen LogP contribution in [0.2, 0.25) is 0 Å². The Morgan fingerprint density at radius 2 is 1.92 bits per heavy atom. The second-order valence-electron chi connectivity index (χ2n) is 2.76. The van der Waals surface area contributed by atoms with E-state index in [1.165, 1.54) is 0 Å². The highest BCUT2D eigenvalue weighted by atomic mass is 14.8. The summed E-state index contributed by atoms with van der Waals surface area (Å²) >= 11 is 0. The van der Waals surface area contributed by atoms with Gasteiger partial charge in [-0.05, 0) is 18.6 Å². The predicted molar refractivity (Wildman–Crippen MR) is 49.7 cm³/mol. The maximum absolute atomic E-state index is 5.66. The number of benzene rings is 1. The molecule has 0 N–H and O–H groups in total. The number of rotatable bonds is 0. The Morgan fingerprint density at radius 3 is 2.75 bits per heavy atom. The number of fused-ring (bicyclic) bond motifs is 1. The quantitative estimate of drug-likeness (QED) is 0.522. The van der Waals surface area contributed by atoms with Crippen LogP contribution in [0.4, 0.5) is 0 Å². The molecule has 2 aromatic rings. The van der Waals surface area contributed by atoms with Crippen LogP contribution in [0.1, 0.15) is 5.56 Å². The zero-order chi connectivity index (χ0) is 8.55. The molecular formula is C9H7BN2. The molecule has 3 heteroatoms. The lowest BCUT2D eigenvalue weighted by Crippen LogP contribution is -2.03. The van der Waals surface area contributed by atoms with Gasteiger partial charge in [-0.2, -0.15) is 0 Å². The summed E-state index contributed by atoms with van der Waals surface area (Å²) in [4.78, 5) is 8.36. The third kappa shape index (κ3) is 1.07. The first-order valence-electron chi connectivity index (χ1n) is 3.74. The van der Waals surface area contributed by atoms with Gasteiger partial charge < -0.3 is 0 Å². The van der Waals surface area contributed by atoms with Crippen molar-refractivity contribution in [2.75, 3.05) is 0 Å². The topological polar surface area (TPSA) is 25.8 Å². The third-order valence-corrected chi connectivity index (χ3v) is 1.79. The first-order chi connectivity index (χ1) is 5.77. The Morgan fingerprint density at radius 1 is 1.17 bits per heavy atom. The van der Waals surface area contributed by atoms with Crippen LogP contribution in [0.15, 0.2) is 24.5 Å². The van der Waals surface area contributed by atoms with Crippen molar-refractivity contribution in [3.8, 4) is 0 Å². The summed E-state index contributed by atoms with van der Waals surface area (Å²) in [6.45, 7) is 1.98. The molecule has 0 bridgehead atoms. The minimum absolute atomic E-state index is 0.737. The molecule has 2 rings (SSSR count).